The van der Waals surface area contributed by atoms with E-state index < -0.39 is 0 Å². The summed E-state index contributed by atoms with van der Waals surface area (Å²) in [6.45, 7) is 3.75. The molecular formula is C16H36BN5O. The molecule has 1 aliphatic carbocycles. The molecule has 1 fully saturated rings. The topological polar surface area (TPSA) is 133 Å². The first-order valence-corrected chi connectivity index (χ1v) is 9.19. The maximum atomic E-state index is 10.5. The van der Waals surface area contributed by atoms with Crippen LogP contribution in [-0.2, 0) is 4.70 Å². The van der Waals surface area contributed by atoms with Gasteiger partial charge in [-0.05, 0) is 0 Å². The molecule has 0 saturated heterocycles. The summed E-state index contributed by atoms with van der Waals surface area (Å²) < 4.78 is 10.5. The Labute approximate surface area is 141 Å². The second-order valence-corrected chi connectivity index (χ2v) is 6.79. The van der Waals surface area contributed by atoms with Crippen molar-refractivity contribution in [2.24, 2.45) is 52.5 Å². The average Bonchev–Trinajstić information content (AvgIpc) is 2.80. The maximum absolute atomic E-state index is 10.5. The molecule has 0 aliphatic heterocycles. The second-order valence-electron chi connectivity index (χ2n) is 6.79. The van der Waals surface area contributed by atoms with E-state index in [1.165, 1.54) is 0 Å². The first-order valence-electron chi connectivity index (χ1n) is 9.19. The van der Waals surface area contributed by atoms with Gasteiger partial charge in [0.2, 0.25) is 0 Å². The number of rotatable bonds is 13. The summed E-state index contributed by atoms with van der Waals surface area (Å²) in [4.78, 5) is 0. The van der Waals surface area contributed by atoms with Gasteiger partial charge < -0.3 is 0 Å². The van der Waals surface area contributed by atoms with Crippen LogP contribution < -0.4 is 28.3 Å². The molecule has 0 aromatic heterocycles. The van der Waals surface area contributed by atoms with Crippen LogP contribution in [0.1, 0.15) is 32.1 Å². The molecule has 23 heavy (non-hydrogen) atoms. The summed E-state index contributed by atoms with van der Waals surface area (Å²) in [5.74, 6) is 3.04. The van der Waals surface area contributed by atoms with E-state index in [0.717, 1.165) is 58.9 Å². The third kappa shape index (κ3) is 5.91. The molecule has 4 atom stereocenters. The molecule has 1 aliphatic rings. The van der Waals surface area contributed by atoms with Crippen molar-refractivity contribution in [3.05, 3.63) is 0 Å². The Balaban J connectivity index is 2.88. The van der Waals surface area contributed by atoms with Gasteiger partial charge in [0.15, 0.2) is 0 Å². The molecule has 0 aromatic carbocycles. The Kier molecular flexibility index (Phi) is 10.9. The third-order valence-corrected chi connectivity index (χ3v) is 5.63. The van der Waals surface area contributed by atoms with Gasteiger partial charge in [0.25, 0.3) is 0 Å². The van der Waals surface area contributed by atoms with Crippen LogP contribution in [0.25, 0.3) is 0 Å². The third-order valence-electron chi connectivity index (χ3n) is 5.63. The van der Waals surface area contributed by atoms with Crippen molar-refractivity contribution in [1.29, 1.82) is 0 Å². The summed E-state index contributed by atoms with van der Waals surface area (Å²) in [7, 11) is 0.915. The van der Waals surface area contributed by atoms with Crippen LogP contribution in [-0.4, -0.2) is 46.3 Å². The fourth-order valence-corrected chi connectivity index (χ4v) is 4.93. The zero-order valence-corrected chi connectivity index (χ0v) is 14.5. The number of hydrogen-bond donors (Lipinski definition) is 5. The Morgan fingerprint density at radius 2 is 1.00 bits per heavy atom. The van der Waals surface area contributed by atoms with Gasteiger partial charge in [-0.15, -0.1) is 0 Å². The van der Waals surface area contributed by atoms with Crippen LogP contribution in [0, 0.1) is 29.6 Å². The van der Waals surface area contributed by atoms with E-state index in [-0.39, 0.29) is 0 Å². The van der Waals surface area contributed by atoms with E-state index >= 15 is 0 Å². The molecule has 134 valence electrons. The predicted molar refractivity (Wildman–Crippen MR) is 96.1 cm³/mol. The van der Waals surface area contributed by atoms with Gasteiger partial charge in [-0.2, -0.15) is 0 Å². The van der Waals surface area contributed by atoms with Crippen LogP contribution in [0.3, 0.4) is 0 Å². The quantitative estimate of drug-likeness (QED) is 0.228. The van der Waals surface area contributed by atoms with Crippen LogP contribution in [0.2, 0.25) is 0 Å². The second kappa shape index (κ2) is 12.1. The first kappa shape index (κ1) is 20.7. The number of nitrogens with two attached hydrogens (primary N) is 4. The van der Waals surface area contributed by atoms with Crippen molar-refractivity contribution in [2.45, 2.75) is 32.1 Å². The normalized spacial score (nSPS) is 30.5. The van der Waals surface area contributed by atoms with Gasteiger partial charge in [0.1, 0.15) is 0 Å². The van der Waals surface area contributed by atoms with Crippen LogP contribution in [0.15, 0.2) is 0 Å². The Morgan fingerprint density at radius 1 is 0.652 bits per heavy atom. The standard InChI is InChI=1S/C16H36BN5O/c18-6-1-12-13(2-7-19)15(4-9-21)16(14(12)3-8-20)5-10-22-11-17-23/h12-16,22H,1-11,18-21H2. The minimum absolute atomic E-state index is 0.425. The van der Waals surface area contributed by atoms with Gasteiger partial charge in [-0.3, -0.25) is 0 Å². The Morgan fingerprint density at radius 3 is 1.30 bits per heavy atom. The van der Waals surface area contributed by atoms with E-state index in [0.29, 0.717) is 49.1 Å². The molecule has 0 radical (unpaired) electrons. The van der Waals surface area contributed by atoms with Gasteiger partial charge in [-0.1, -0.05) is 0 Å². The zero-order chi connectivity index (χ0) is 17.1. The summed E-state index contributed by atoms with van der Waals surface area (Å²) in [5.41, 5.74) is 23.6. The van der Waals surface area contributed by atoms with Crippen molar-refractivity contribution in [2.75, 3.05) is 39.2 Å². The Bertz CT molecular complexity index is 299. The fourth-order valence-electron chi connectivity index (χ4n) is 4.93. The molecule has 1 rings (SSSR count). The monoisotopic (exact) mass is 325 g/mol. The molecular weight excluding hydrogens is 289 g/mol. The van der Waals surface area contributed by atoms with Gasteiger partial charge in [-0.25, -0.2) is 0 Å². The van der Waals surface area contributed by atoms with E-state index in [1.54, 1.807) is 0 Å². The van der Waals surface area contributed by atoms with Gasteiger partial charge in [0.05, 0.1) is 0 Å². The van der Waals surface area contributed by atoms with E-state index in [2.05, 4.69) is 5.32 Å². The summed E-state index contributed by atoms with van der Waals surface area (Å²) in [6.07, 6.45) is 5.69. The molecule has 1 saturated carbocycles. The van der Waals surface area contributed by atoms with E-state index in [1.807, 2.05) is 0 Å². The SMILES string of the molecule is NCCC1C(CCN)C(CCN)C(CCNCB=O)C1CCN. The molecule has 0 heterocycles. The van der Waals surface area contributed by atoms with Gasteiger partial charge >= 0.3 is 141 Å². The summed E-state index contributed by atoms with van der Waals surface area (Å²) >= 11 is 0. The van der Waals surface area contributed by atoms with Crippen molar-refractivity contribution in [3.8, 4) is 0 Å². The average molecular weight is 325 g/mol. The zero-order valence-electron chi connectivity index (χ0n) is 14.5. The molecule has 7 heteroatoms. The molecule has 6 nitrogen and oxygen atoms in total. The van der Waals surface area contributed by atoms with Crippen molar-refractivity contribution < 1.29 is 4.70 Å². The van der Waals surface area contributed by atoms with Crippen LogP contribution >= 0.6 is 0 Å². The van der Waals surface area contributed by atoms with Crippen molar-refractivity contribution >= 4 is 7.15 Å². The number of hydrogen-bond acceptors (Lipinski definition) is 6. The van der Waals surface area contributed by atoms with Crippen LogP contribution in [0.5, 0.6) is 0 Å². The van der Waals surface area contributed by atoms with Gasteiger partial charge in [0, 0.05) is 0 Å². The van der Waals surface area contributed by atoms with E-state index in [9.17, 15) is 4.70 Å². The molecule has 0 aromatic rings. The fraction of sp³-hybridized carbons (Fsp3) is 1.00. The molecule has 0 spiro atoms. The molecule has 0 bridgehead atoms. The summed E-state index contributed by atoms with van der Waals surface area (Å²) in [6, 6.07) is 0. The van der Waals surface area contributed by atoms with Crippen molar-refractivity contribution in [1.82, 2.24) is 5.32 Å². The molecule has 9 N–H and O–H groups in total. The first-order chi connectivity index (χ1) is 11.2. The van der Waals surface area contributed by atoms with Crippen LogP contribution in [0.4, 0.5) is 0 Å². The minimum atomic E-state index is 0.425. The Hall–Kier alpha value is -0.335. The van der Waals surface area contributed by atoms with E-state index in [4.69, 9.17) is 22.9 Å². The van der Waals surface area contributed by atoms with Crippen molar-refractivity contribution in [3.63, 3.8) is 0 Å². The molecule has 0 amide bonds. The predicted octanol–water partition coefficient (Wildman–Crippen LogP) is -0.537. The summed E-state index contributed by atoms with van der Waals surface area (Å²) in [5, 5.41) is 3.20. The number of nitrogens with one attached hydrogen (secondary N) is 1. The molecule has 4 unspecified atom stereocenters.